The molecule has 0 aliphatic carbocycles. The highest BCUT2D eigenvalue weighted by atomic mass is 19.1. The minimum Gasteiger partial charge on any atom is -0.478 e. The van der Waals surface area contributed by atoms with Crippen LogP contribution in [-0.4, -0.2) is 65.5 Å². The number of alkyl halides is 1. The number of carboxylic acid groups (broad SMARTS) is 1. The molecule has 0 saturated carbocycles. The van der Waals surface area contributed by atoms with Crippen LogP contribution in [0.25, 0.3) is 0 Å². The molecule has 2 aromatic carbocycles. The van der Waals surface area contributed by atoms with Crippen LogP contribution in [0.2, 0.25) is 0 Å². The standard InChI is InChI=1S/C24H26FN3O4/c1-27(23(30)10-15-5-6-16-12-22(29)26-20(16)9-15)21(14-28-8-7-19(25)13-28)17-3-2-4-18(11-17)24(31)32/h2-6,9,11,19,21H,7-8,10,12-14H2,1H3,(H,26,29)(H,31,32)/t19-,21-/m1/s1. The number of carboxylic acids is 1. The quantitative estimate of drug-likeness (QED) is 0.692. The molecule has 2 heterocycles. The van der Waals surface area contributed by atoms with Gasteiger partial charge in [-0.1, -0.05) is 24.3 Å². The molecule has 2 aliphatic heterocycles. The number of aromatic carboxylic acids is 1. The lowest BCUT2D eigenvalue weighted by molar-refractivity contribution is -0.131. The summed E-state index contributed by atoms with van der Waals surface area (Å²) in [6, 6.07) is 11.7. The summed E-state index contributed by atoms with van der Waals surface area (Å²) in [6.45, 7) is 1.33. The molecule has 0 unspecified atom stereocenters. The molecule has 2 aromatic rings. The van der Waals surface area contributed by atoms with Crippen molar-refractivity contribution in [3.8, 4) is 0 Å². The number of halogens is 1. The molecule has 2 N–H and O–H groups in total. The molecule has 2 aliphatic rings. The maximum absolute atomic E-state index is 13.8. The molecule has 1 fully saturated rings. The maximum atomic E-state index is 13.8. The second kappa shape index (κ2) is 9.08. The largest absolute Gasteiger partial charge is 0.478 e. The molecule has 2 atom stereocenters. The number of anilines is 1. The van der Waals surface area contributed by atoms with Crippen molar-refractivity contribution in [3.63, 3.8) is 0 Å². The number of nitrogens with one attached hydrogen (secondary N) is 1. The van der Waals surface area contributed by atoms with E-state index in [-0.39, 0.29) is 23.8 Å². The van der Waals surface area contributed by atoms with Crippen LogP contribution in [0.3, 0.4) is 0 Å². The van der Waals surface area contributed by atoms with Crippen LogP contribution in [0, 0.1) is 0 Å². The van der Waals surface area contributed by atoms with Gasteiger partial charge < -0.3 is 15.3 Å². The Morgan fingerprint density at radius 3 is 2.81 bits per heavy atom. The molecule has 0 aromatic heterocycles. The van der Waals surface area contributed by atoms with Crippen molar-refractivity contribution in [2.24, 2.45) is 0 Å². The number of likely N-dealkylation sites (tertiary alicyclic amines) is 1. The van der Waals surface area contributed by atoms with Crippen LogP contribution >= 0.6 is 0 Å². The number of benzene rings is 2. The van der Waals surface area contributed by atoms with Gasteiger partial charge in [0.25, 0.3) is 0 Å². The van der Waals surface area contributed by atoms with Gasteiger partial charge in [0.15, 0.2) is 0 Å². The molecule has 7 nitrogen and oxygen atoms in total. The summed E-state index contributed by atoms with van der Waals surface area (Å²) in [7, 11) is 1.69. The molecule has 32 heavy (non-hydrogen) atoms. The molecular weight excluding hydrogens is 413 g/mol. The van der Waals surface area contributed by atoms with Crippen LogP contribution in [0.1, 0.15) is 39.5 Å². The third-order valence-electron chi connectivity index (χ3n) is 6.18. The van der Waals surface area contributed by atoms with Crippen LogP contribution in [-0.2, 0) is 22.4 Å². The van der Waals surface area contributed by atoms with Gasteiger partial charge in [-0.15, -0.1) is 0 Å². The highest BCUT2D eigenvalue weighted by molar-refractivity contribution is 5.99. The number of carbonyl (C=O) groups excluding carboxylic acids is 2. The number of hydrogen-bond acceptors (Lipinski definition) is 4. The number of hydrogen-bond donors (Lipinski definition) is 2. The van der Waals surface area contributed by atoms with Crippen LogP contribution in [0.15, 0.2) is 42.5 Å². The lowest BCUT2D eigenvalue weighted by Gasteiger charge is -2.32. The van der Waals surface area contributed by atoms with Crippen molar-refractivity contribution in [2.75, 3.05) is 32.0 Å². The minimum absolute atomic E-state index is 0.0595. The van der Waals surface area contributed by atoms with E-state index < -0.39 is 18.2 Å². The molecular formula is C24H26FN3O4. The first-order valence-corrected chi connectivity index (χ1v) is 10.7. The van der Waals surface area contributed by atoms with Crippen molar-refractivity contribution in [1.29, 1.82) is 0 Å². The van der Waals surface area contributed by atoms with E-state index in [1.807, 2.05) is 23.1 Å². The average Bonchev–Trinajstić information content (AvgIpc) is 3.35. The second-order valence-electron chi connectivity index (χ2n) is 8.49. The molecule has 0 radical (unpaired) electrons. The van der Waals surface area contributed by atoms with Crippen LogP contribution in [0.5, 0.6) is 0 Å². The predicted molar refractivity (Wildman–Crippen MR) is 117 cm³/mol. The van der Waals surface area contributed by atoms with E-state index in [0.717, 1.165) is 16.8 Å². The summed E-state index contributed by atoms with van der Waals surface area (Å²) in [5.41, 5.74) is 3.28. The molecule has 1 saturated heterocycles. The summed E-state index contributed by atoms with van der Waals surface area (Å²) < 4.78 is 13.8. The van der Waals surface area contributed by atoms with Gasteiger partial charge in [0, 0.05) is 32.4 Å². The highest BCUT2D eigenvalue weighted by Gasteiger charge is 2.29. The van der Waals surface area contributed by atoms with Gasteiger partial charge in [0.1, 0.15) is 6.17 Å². The van der Waals surface area contributed by atoms with E-state index >= 15 is 0 Å². The predicted octanol–water partition coefficient (Wildman–Crippen LogP) is 2.67. The maximum Gasteiger partial charge on any atom is 0.335 e. The first-order valence-electron chi connectivity index (χ1n) is 10.7. The van der Waals surface area contributed by atoms with Gasteiger partial charge in [-0.25, -0.2) is 9.18 Å². The summed E-state index contributed by atoms with van der Waals surface area (Å²) in [6.07, 6.45) is 0.0567. The topological polar surface area (TPSA) is 90.0 Å². The third-order valence-corrected chi connectivity index (χ3v) is 6.18. The van der Waals surface area contributed by atoms with Crippen molar-refractivity contribution in [2.45, 2.75) is 31.5 Å². The Labute approximate surface area is 185 Å². The molecule has 4 rings (SSSR count). The van der Waals surface area contributed by atoms with Crippen LogP contribution in [0.4, 0.5) is 10.1 Å². The van der Waals surface area contributed by atoms with Gasteiger partial charge in [0.05, 0.1) is 24.4 Å². The normalized spacial score (nSPS) is 18.8. The Balaban J connectivity index is 1.55. The fourth-order valence-corrected chi connectivity index (χ4v) is 4.37. The van der Waals surface area contributed by atoms with Crippen molar-refractivity contribution >= 4 is 23.5 Å². The van der Waals surface area contributed by atoms with Crippen molar-refractivity contribution in [1.82, 2.24) is 9.80 Å². The van der Waals surface area contributed by atoms with Crippen molar-refractivity contribution in [3.05, 3.63) is 64.7 Å². The van der Waals surface area contributed by atoms with Gasteiger partial charge in [-0.05, 0) is 41.3 Å². The number of rotatable bonds is 7. The Kier molecular flexibility index (Phi) is 6.23. The van der Waals surface area contributed by atoms with E-state index in [1.54, 1.807) is 30.1 Å². The highest BCUT2D eigenvalue weighted by Crippen LogP contribution is 2.27. The lowest BCUT2D eigenvalue weighted by atomic mass is 10.0. The third kappa shape index (κ3) is 4.80. The van der Waals surface area contributed by atoms with Crippen molar-refractivity contribution < 1.29 is 23.9 Å². The van der Waals surface area contributed by atoms with Gasteiger partial charge in [0.2, 0.25) is 11.8 Å². The van der Waals surface area contributed by atoms with Gasteiger partial charge >= 0.3 is 5.97 Å². The fraction of sp³-hybridized carbons (Fsp3) is 0.375. The molecule has 8 heteroatoms. The Hall–Kier alpha value is -3.26. The lowest BCUT2D eigenvalue weighted by Crippen LogP contribution is -2.39. The fourth-order valence-electron chi connectivity index (χ4n) is 4.37. The molecule has 0 bridgehead atoms. The summed E-state index contributed by atoms with van der Waals surface area (Å²) >= 11 is 0. The summed E-state index contributed by atoms with van der Waals surface area (Å²) in [5, 5.41) is 12.2. The van der Waals surface area contributed by atoms with Crippen LogP contribution < -0.4 is 5.32 Å². The van der Waals surface area contributed by atoms with Gasteiger partial charge in [-0.2, -0.15) is 0 Å². The summed E-state index contributed by atoms with van der Waals surface area (Å²) in [4.78, 5) is 39.8. The Bertz CT molecular complexity index is 1060. The smallest absolute Gasteiger partial charge is 0.335 e. The van der Waals surface area contributed by atoms with E-state index in [9.17, 15) is 23.9 Å². The monoisotopic (exact) mass is 439 g/mol. The number of carbonyl (C=O) groups is 3. The first-order chi connectivity index (χ1) is 15.3. The van der Waals surface area contributed by atoms with E-state index in [0.29, 0.717) is 38.0 Å². The molecule has 168 valence electrons. The van der Waals surface area contributed by atoms with E-state index in [2.05, 4.69) is 5.32 Å². The average molecular weight is 439 g/mol. The van der Waals surface area contributed by atoms with Gasteiger partial charge in [-0.3, -0.25) is 14.5 Å². The van der Waals surface area contributed by atoms with E-state index in [1.165, 1.54) is 6.07 Å². The molecule has 0 spiro atoms. The Morgan fingerprint density at radius 1 is 1.28 bits per heavy atom. The minimum atomic E-state index is -1.04. The zero-order chi connectivity index (χ0) is 22.8. The summed E-state index contributed by atoms with van der Waals surface area (Å²) in [5.74, 6) is -1.24. The second-order valence-corrected chi connectivity index (χ2v) is 8.49. The number of amides is 2. The molecule has 2 amide bonds. The zero-order valence-electron chi connectivity index (χ0n) is 17.9. The number of likely N-dealkylation sites (N-methyl/N-ethyl adjacent to an activating group) is 1. The number of nitrogens with zero attached hydrogens (tertiary/aromatic N) is 2. The Morgan fingerprint density at radius 2 is 2.09 bits per heavy atom. The zero-order valence-corrected chi connectivity index (χ0v) is 17.9. The number of fused-ring (bicyclic) bond motifs is 1. The first kappa shape index (κ1) is 22.0. The van der Waals surface area contributed by atoms with E-state index in [4.69, 9.17) is 0 Å². The SMILES string of the molecule is CN(C(=O)Cc1ccc2c(c1)NC(=O)C2)[C@H](CN1CC[C@@H](F)C1)c1cccc(C(=O)O)c1.